The van der Waals surface area contributed by atoms with Crippen LogP contribution < -0.4 is 10.2 Å². The van der Waals surface area contributed by atoms with E-state index in [2.05, 4.69) is 28.1 Å². The largest absolute Gasteiger partial charge is 0.444 e. The molecular weight excluding hydrogens is 496 g/mol. The first-order valence-corrected chi connectivity index (χ1v) is 14.3. The summed E-state index contributed by atoms with van der Waals surface area (Å²) < 4.78 is 7.45. The predicted molar refractivity (Wildman–Crippen MR) is 150 cm³/mol. The summed E-state index contributed by atoms with van der Waals surface area (Å²) in [5.74, 6) is -0.304. The van der Waals surface area contributed by atoms with Crippen LogP contribution in [0.2, 0.25) is 0 Å². The summed E-state index contributed by atoms with van der Waals surface area (Å²) in [7, 11) is 1.93. The number of rotatable bonds is 4. The van der Waals surface area contributed by atoms with Crippen LogP contribution in [0.3, 0.4) is 0 Å². The third-order valence-corrected chi connectivity index (χ3v) is 8.55. The smallest absolute Gasteiger partial charge is 0.410 e. The topological polar surface area (TPSA) is 100 Å². The molecule has 4 heterocycles. The van der Waals surface area contributed by atoms with E-state index in [0.29, 0.717) is 24.8 Å². The van der Waals surface area contributed by atoms with Gasteiger partial charge in [0.1, 0.15) is 5.60 Å². The van der Waals surface area contributed by atoms with Crippen molar-refractivity contribution in [2.24, 2.45) is 13.0 Å². The number of hydrogen-bond acceptors (Lipinski definition) is 7. The van der Waals surface area contributed by atoms with E-state index >= 15 is 0 Å². The third-order valence-electron chi connectivity index (χ3n) is 8.55. The molecule has 2 atom stereocenters. The molecule has 0 saturated carbocycles. The fraction of sp³-hybridized carbons (Fsp3) is 0.655. The second-order valence-electron chi connectivity index (χ2n) is 12.3. The second-order valence-corrected chi connectivity index (χ2v) is 12.3. The van der Waals surface area contributed by atoms with Crippen molar-refractivity contribution in [3.63, 3.8) is 0 Å². The van der Waals surface area contributed by atoms with Gasteiger partial charge < -0.3 is 14.5 Å². The number of ether oxygens (including phenoxy) is 1. The van der Waals surface area contributed by atoms with Crippen LogP contribution in [0.4, 0.5) is 10.5 Å². The van der Waals surface area contributed by atoms with Crippen molar-refractivity contribution in [3.05, 3.63) is 23.9 Å². The Morgan fingerprint density at radius 3 is 2.38 bits per heavy atom. The summed E-state index contributed by atoms with van der Waals surface area (Å²) >= 11 is 0. The number of para-hydroxylation sites is 1. The van der Waals surface area contributed by atoms with E-state index in [4.69, 9.17) is 9.84 Å². The number of fused-ring (bicyclic) bond motifs is 1. The first kappa shape index (κ1) is 27.4. The SMILES string of the molecule is C[C@H](C1CCN(C(=O)OC(C)(C)C)CC1)N1CCN(c2cccc3c(C4CCC(=O)NC4=O)nn(C)c23)CC1. The van der Waals surface area contributed by atoms with Crippen LogP contribution >= 0.6 is 0 Å². The van der Waals surface area contributed by atoms with E-state index in [1.165, 1.54) is 0 Å². The molecule has 3 aliphatic heterocycles. The molecule has 10 nitrogen and oxygen atoms in total. The molecule has 1 N–H and O–H groups in total. The molecule has 10 heteroatoms. The van der Waals surface area contributed by atoms with Gasteiger partial charge in [-0.05, 0) is 58.9 Å². The maximum Gasteiger partial charge on any atom is 0.410 e. The van der Waals surface area contributed by atoms with Gasteiger partial charge in [-0.1, -0.05) is 12.1 Å². The number of hydrogen-bond donors (Lipinski definition) is 1. The fourth-order valence-corrected chi connectivity index (χ4v) is 6.37. The average molecular weight is 539 g/mol. The van der Waals surface area contributed by atoms with Crippen LogP contribution in [-0.4, -0.2) is 88.4 Å². The number of likely N-dealkylation sites (tertiary alicyclic amines) is 1. The van der Waals surface area contributed by atoms with E-state index in [1.54, 1.807) is 0 Å². The molecule has 3 fully saturated rings. The third kappa shape index (κ3) is 5.76. The summed E-state index contributed by atoms with van der Waals surface area (Å²) in [6.07, 6.45) is 2.63. The van der Waals surface area contributed by atoms with Crippen LogP contribution in [0.25, 0.3) is 10.9 Å². The van der Waals surface area contributed by atoms with E-state index < -0.39 is 11.5 Å². The van der Waals surface area contributed by atoms with Crippen molar-refractivity contribution >= 4 is 34.5 Å². The molecule has 3 amide bonds. The number of aryl methyl sites for hydroxylation is 1. The zero-order chi connectivity index (χ0) is 27.9. The highest BCUT2D eigenvalue weighted by atomic mass is 16.6. The Morgan fingerprint density at radius 2 is 1.74 bits per heavy atom. The molecule has 1 unspecified atom stereocenters. The average Bonchev–Trinajstić information content (AvgIpc) is 3.24. The number of imide groups is 1. The minimum Gasteiger partial charge on any atom is -0.444 e. The number of carbonyl (C=O) groups is 3. The molecular formula is C29H42N6O4. The highest BCUT2D eigenvalue weighted by molar-refractivity contribution is 6.03. The van der Waals surface area contributed by atoms with Crippen molar-refractivity contribution in [1.29, 1.82) is 0 Å². The second kappa shape index (κ2) is 10.8. The van der Waals surface area contributed by atoms with Crippen LogP contribution in [0.5, 0.6) is 0 Å². The minimum absolute atomic E-state index is 0.202. The summed E-state index contributed by atoms with van der Waals surface area (Å²) in [6, 6.07) is 6.68. The number of carbonyl (C=O) groups excluding carboxylic acids is 3. The van der Waals surface area contributed by atoms with Gasteiger partial charge in [-0.3, -0.25) is 24.5 Å². The molecule has 212 valence electrons. The molecule has 0 spiro atoms. The van der Waals surface area contributed by atoms with Gasteiger partial charge in [0.2, 0.25) is 11.8 Å². The molecule has 3 saturated heterocycles. The minimum atomic E-state index is -0.465. The van der Waals surface area contributed by atoms with E-state index in [1.807, 2.05) is 49.5 Å². The summed E-state index contributed by atoms with van der Waals surface area (Å²) in [5, 5.41) is 8.21. The lowest BCUT2D eigenvalue weighted by atomic mass is 9.89. The first-order chi connectivity index (χ1) is 18.5. The van der Waals surface area contributed by atoms with Crippen LogP contribution in [0.1, 0.15) is 65.0 Å². The van der Waals surface area contributed by atoms with Gasteiger partial charge in [-0.2, -0.15) is 5.10 Å². The number of aromatic nitrogens is 2. The van der Waals surface area contributed by atoms with E-state index in [9.17, 15) is 14.4 Å². The van der Waals surface area contributed by atoms with Crippen LogP contribution in [0.15, 0.2) is 18.2 Å². The Balaban J connectivity index is 1.21. The van der Waals surface area contributed by atoms with Gasteiger partial charge >= 0.3 is 6.09 Å². The van der Waals surface area contributed by atoms with E-state index in [-0.39, 0.29) is 17.9 Å². The lowest BCUT2D eigenvalue weighted by Gasteiger charge is -2.44. The highest BCUT2D eigenvalue weighted by Crippen LogP contribution is 2.35. The van der Waals surface area contributed by atoms with Gasteiger partial charge in [0.05, 0.1) is 22.8 Å². The molecule has 0 radical (unpaired) electrons. The van der Waals surface area contributed by atoms with Crippen molar-refractivity contribution in [3.8, 4) is 0 Å². The fourth-order valence-electron chi connectivity index (χ4n) is 6.37. The Kier molecular flexibility index (Phi) is 7.59. The van der Waals surface area contributed by atoms with Crippen molar-refractivity contribution in [2.45, 2.75) is 70.9 Å². The molecule has 0 aliphatic carbocycles. The zero-order valence-electron chi connectivity index (χ0n) is 23.9. The van der Waals surface area contributed by atoms with Gasteiger partial charge in [0.25, 0.3) is 0 Å². The number of benzene rings is 1. The highest BCUT2D eigenvalue weighted by Gasteiger charge is 2.34. The standard InChI is InChI=1S/C29H42N6O4/c1-19(20-11-13-35(14-12-20)28(38)39-29(2,3)4)33-15-17-34(18-16-33)23-8-6-7-21-25(31-32(5)26(21)23)22-9-10-24(36)30-27(22)37/h6-8,19-20,22H,9-18H2,1-5H3,(H,30,36,37)/t19-,22?/m1/s1. The number of anilines is 1. The Hall–Kier alpha value is -3.14. The van der Waals surface area contributed by atoms with Crippen molar-refractivity contribution < 1.29 is 19.1 Å². The Morgan fingerprint density at radius 1 is 1.05 bits per heavy atom. The molecule has 1 aromatic carbocycles. The van der Waals surface area contributed by atoms with Gasteiger partial charge in [0.15, 0.2) is 0 Å². The first-order valence-electron chi connectivity index (χ1n) is 14.3. The molecule has 5 rings (SSSR count). The number of nitrogens with zero attached hydrogens (tertiary/aromatic N) is 5. The zero-order valence-corrected chi connectivity index (χ0v) is 23.9. The van der Waals surface area contributed by atoms with Gasteiger partial charge in [-0.25, -0.2) is 4.79 Å². The maximum absolute atomic E-state index is 12.6. The Labute approximate surface area is 230 Å². The van der Waals surface area contributed by atoms with Crippen LogP contribution in [-0.2, 0) is 21.4 Å². The normalized spacial score (nSPS) is 22.7. The predicted octanol–water partition coefficient (Wildman–Crippen LogP) is 3.25. The maximum atomic E-state index is 12.6. The molecule has 39 heavy (non-hydrogen) atoms. The van der Waals surface area contributed by atoms with Gasteiger partial charge in [-0.15, -0.1) is 0 Å². The number of nitrogens with one attached hydrogen (secondary N) is 1. The lowest BCUT2D eigenvalue weighted by molar-refractivity contribution is -0.134. The van der Waals surface area contributed by atoms with Crippen LogP contribution in [0, 0.1) is 5.92 Å². The number of amides is 3. The van der Waals surface area contributed by atoms with Crippen molar-refractivity contribution in [2.75, 3.05) is 44.2 Å². The van der Waals surface area contributed by atoms with Crippen molar-refractivity contribution in [1.82, 2.24) is 24.9 Å². The molecule has 0 bridgehead atoms. The number of piperazine rings is 1. The molecule has 1 aromatic heterocycles. The van der Waals surface area contributed by atoms with E-state index in [0.717, 1.165) is 74.4 Å². The molecule has 2 aromatic rings. The number of piperidine rings is 2. The van der Waals surface area contributed by atoms with Gasteiger partial charge in [0, 0.05) is 64.2 Å². The summed E-state index contributed by atoms with van der Waals surface area (Å²) in [6.45, 7) is 13.3. The molecule has 3 aliphatic rings. The Bertz CT molecular complexity index is 1230. The summed E-state index contributed by atoms with van der Waals surface area (Å²) in [4.78, 5) is 43.5. The monoisotopic (exact) mass is 538 g/mol. The lowest BCUT2D eigenvalue weighted by Crippen LogP contribution is -2.53. The quantitative estimate of drug-likeness (QED) is 0.597. The summed E-state index contributed by atoms with van der Waals surface area (Å²) in [5.41, 5.74) is 2.46.